The molecule has 5 rings (SSSR count). The Hall–Kier alpha value is -3.07. The largest absolute Gasteiger partial charge is 0.497 e. The Kier molecular flexibility index (Phi) is 6.20. The molecular formula is C25H24ClN3O4S. The molecular weight excluding hydrogens is 474 g/mol. The highest BCUT2D eigenvalue weighted by molar-refractivity contribution is 7.89. The van der Waals surface area contributed by atoms with E-state index in [1.807, 2.05) is 42.5 Å². The highest BCUT2D eigenvalue weighted by Gasteiger charge is 2.30. The molecule has 0 N–H and O–H groups in total. The molecule has 0 amide bonds. The van der Waals surface area contributed by atoms with Crippen LogP contribution >= 0.6 is 11.6 Å². The Bertz CT molecular complexity index is 1360. The van der Waals surface area contributed by atoms with E-state index < -0.39 is 10.0 Å². The molecule has 34 heavy (non-hydrogen) atoms. The van der Waals surface area contributed by atoms with Crippen LogP contribution in [0.4, 0.5) is 5.69 Å². The molecule has 9 heteroatoms. The molecule has 7 nitrogen and oxygen atoms in total. The molecule has 2 heterocycles. The standard InChI is InChI=1S/C25H24ClN3O4S/c1-32-19-10-11-23-21(17-19)25(27-22-8-2-3-9-24(22)33-23)28-12-5-13-29(15-14-28)34(30,31)20-7-4-6-18(26)16-20/h2-4,6-11,16-17H,5,12-15H2,1H3. The van der Waals surface area contributed by atoms with Crippen LogP contribution in [0.15, 0.2) is 76.6 Å². The fourth-order valence-corrected chi connectivity index (χ4v) is 5.96. The maximum absolute atomic E-state index is 13.3. The van der Waals surface area contributed by atoms with Crippen LogP contribution in [0, 0.1) is 0 Å². The van der Waals surface area contributed by atoms with Gasteiger partial charge >= 0.3 is 0 Å². The van der Waals surface area contributed by atoms with Crippen LogP contribution in [-0.4, -0.2) is 56.7 Å². The average molecular weight is 498 g/mol. The molecule has 0 atom stereocenters. The number of rotatable bonds is 3. The van der Waals surface area contributed by atoms with E-state index in [0.717, 1.165) is 17.1 Å². The summed E-state index contributed by atoms with van der Waals surface area (Å²) in [6.45, 7) is 1.88. The molecule has 2 aliphatic rings. The highest BCUT2D eigenvalue weighted by Crippen LogP contribution is 2.39. The van der Waals surface area contributed by atoms with Gasteiger partial charge < -0.3 is 14.4 Å². The lowest BCUT2D eigenvalue weighted by Gasteiger charge is -2.25. The number of amidine groups is 1. The molecule has 3 aromatic carbocycles. The molecule has 0 aromatic heterocycles. The molecule has 1 fully saturated rings. The maximum Gasteiger partial charge on any atom is 0.243 e. The lowest BCUT2D eigenvalue weighted by atomic mass is 10.1. The first-order valence-corrected chi connectivity index (χ1v) is 12.8. The predicted octanol–water partition coefficient (Wildman–Crippen LogP) is 4.93. The number of hydrogen-bond donors (Lipinski definition) is 0. The van der Waals surface area contributed by atoms with E-state index in [1.54, 1.807) is 25.3 Å². The van der Waals surface area contributed by atoms with Crippen molar-refractivity contribution in [3.63, 3.8) is 0 Å². The normalized spacial score (nSPS) is 16.4. The number of nitrogens with zero attached hydrogens (tertiary/aromatic N) is 3. The summed E-state index contributed by atoms with van der Waals surface area (Å²) in [5.41, 5.74) is 1.53. The Morgan fingerprint density at radius 3 is 2.62 bits per heavy atom. The number of hydrogen-bond acceptors (Lipinski definition) is 6. The van der Waals surface area contributed by atoms with Gasteiger partial charge in [0.2, 0.25) is 10.0 Å². The molecule has 0 radical (unpaired) electrons. The van der Waals surface area contributed by atoms with Crippen LogP contribution in [-0.2, 0) is 10.0 Å². The van der Waals surface area contributed by atoms with Crippen molar-refractivity contribution in [3.05, 3.63) is 77.3 Å². The third-order valence-electron chi connectivity index (χ3n) is 5.93. The van der Waals surface area contributed by atoms with Gasteiger partial charge in [0.05, 0.1) is 17.6 Å². The number of benzene rings is 3. The van der Waals surface area contributed by atoms with Crippen LogP contribution < -0.4 is 9.47 Å². The van der Waals surface area contributed by atoms with Crippen molar-refractivity contribution in [2.24, 2.45) is 4.99 Å². The van der Waals surface area contributed by atoms with Crippen LogP contribution in [0.25, 0.3) is 0 Å². The Labute approximate surface area is 204 Å². The van der Waals surface area contributed by atoms with Crippen molar-refractivity contribution >= 4 is 33.1 Å². The van der Waals surface area contributed by atoms with E-state index in [0.29, 0.717) is 54.9 Å². The second-order valence-corrected chi connectivity index (χ2v) is 10.4. The molecule has 2 aliphatic heterocycles. The first-order chi connectivity index (χ1) is 16.5. The van der Waals surface area contributed by atoms with Gasteiger partial charge in [-0.15, -0.1) is 0 Å². The zero-order valence-electron chi connectivity index (χ0n) is 18.6. The fourth-order valence-electron chi connectivity index (χ4n) is 4.19. The van der Waals surface area contributed by atoms with Gasteiger partial charge in [0.25, 0.3) is 0 Å². The van der Waals surface area contributed by atoms with Crippen molar-refractivity contribution in [2.45, 2.75) is 11.3 Å². The van der Waals surface area contributed by atoms with Gasteiger partial charge in [-0.25, -0.2) is 13.4 Å². The smallest absolute Gasteiger partial charge is 0.243 e. The third-order valence-corrected chi connectivity index (χ3v) is 8.06. The zero-order valence-corrected chi connectivity index (χ0v) is 20.2. The van der Waals surface area contributed by atoms with Crippen LogP contribution in [0.1, 0.15) is 12.0 Å². The number of methoxy groups -OCH3 is 1. The summed E-state index contributed by atoms with van der Waals surface area (Å²) in [5, 5.41) is 0.398. The van der Waals surface area contributed by atoms with Crippen molar-refractivity contribution in [3.8, 4) is 17.2 Å². The maximum atomic E-state index is 13.3. The van der Waals surface area contributed by atoms with Gasteiger partial charge in [-0.05, 0) is 55.0 Å². The summed E-state index contributed by atoms with van der Waals surface area (Å²) in [6.07, 6.45) is 0.653. The van der Waals surface area contributed by atoms with Gasteiger partial charge in [0.1, 0.15) is 23.0 Å². The Morgan fingerprint density at radius 2 is 1.79 bits per heavy atom. The van der Waals surface area contributed by atoms with E-state index in [1.165, 1.54) is 10.4 Å². The average Bonchev–Trinajstić information content (AvgIpc) is 3.19. The lowest BCUT2D eigenvalue weighted by Crippen LogP contribution is -2.37. The van der Waals surface area contributed by atoms with Crippen LogP contribution in [0.5, 0.6) is 17.2 Å². The molecule has 3 aromatic rings. The van der Waals surface area contributed by atoms with Crippen molar-refractivity contribution in [2.75, 3.05) is 33.3 Å². The Balaban J connectivity index is 1.48. The SMILES string of the molecule is COc1ccc2c(c1)C(N1CCCN(S(=O)(=O)c3cccc(Cl)c3)CC1)=Nc1ccccc1O2. The second-order valence-electron chi connectivity index (χ2n) is 8.07. The molecule has 0 aliphatic carbocycles. The third kappa shape index (κ3) is 4.36. The summed E-state index contributed by atoms with van der Waals surface area (Å²) in [4.78, 5) is 7.28. The van der Waals surface area contributed by atoms with Gasteiger partial charge in [-0.1, -0.05) is 29.8 Å². The quantitative estimate of drug-likeness (QED) is 0.513. The minimum atomic E-state index is -3.65. The van der Waals surface area contributed by atoms with E-state index in [9.17, 15) is 8.42 Å². The fraction of sp³-hybridized carbons (Fsp3) is 0.240. The summed E-state index contributed by atoms with van der Waals surface area (Å²) < 4.78 is 39.7. The number of halogens is 1. The summed E-state index contributed by atoms with van der Waals surface area (Å²) >= 11 is 6.05. The number of aliphatic imine (C=N–C) groups is 1. The molecule has 176 valence electrons. The number of sulfonamides is 1. The van der Waals surface area contributed by atoms with Crippen LogP contribution in [0.2, 0.25) is 5.02 Å². The zero-order chi connectivity index (χ0) is 23.7. The van der Waals surface area contributed by atoms with Gasteiger partial charge in [0, 0.05) is 31.2 Å². The van der Waals surface area contributed by atoms with Crippen molar-refractivity contribution < 1.29 is 17.9 Å². The minimum Gasteiger partial charge on any atom is -0.497 e. The monoisotopic (exact) mass is 497 g/mol. The first kappa shape index (κ1) is 22.7. The number of fused-ring (bicyclic) bond motifs is 2. The van der Waals surface area contributed by atoms with Crippen molar-refractivity contribution in [1.29, 1.82) is 0 Å². The Morgan fingerprint density at radius 1 is 0.941 bits per heavy atom. The van der Waals surface area contributed by atoms with Crippen molar-refractivity contribution in [1.82, 2.24) is 9.21 Å². The van der Waals surface area contributed by atoms with E-state index in [-0.39, 0.29) is 4.90 Å². The summed E-state index contributed by atoms with van der Waals surface area (Å²) in [5.74, 6) is 2.78. The van der Waals surface area contributed by atoms with Gasteiger partial charge in [-0.2, -0.15) is 4.31 Å². The molecule has 0 unspecified atom stereocenters. The van der Waals surface area contributed by atoms with E-state index >= 15 is 0 Å². The van der Waals surface area contributed by atoms with Gasteiger partial charge in [-0.3, -0.25) is 0 Å². The molecule has 0 saturated carbocycles. The number of ether oxygens (including phenoxy) is 2. The summed E-state index contributed by atoms with van der Waals surface area (Å²) in [6, 6.07) is 19.7. The molecule has 0 spiro atoms. The first-order valence-electron chi connectivity index (χ1n) is 11.0. The summed E-state index contributed by atoms with van der Waals surface area (Å²) in [7, 11) is -2.03. The number of para-hydroxylation sites is 2. The van der Waals surface area contributed by atoms with E-state index in [2.05, 4.69) is 4.90 Å². The second kappa shape index (κ2) is 9.29. The highest BCUT2D eigenvalue weighted by atomic mass is 35.5. The minimum absolute atomic E-state index is 0.206. The lowest BCUT2D eigenvalue weighted by molar-refractivity contribution is 0.405. The van der Waals surface area contributed by atoms with Crippen LogP contribution in [0.3, 0.4) is 0 Å². The molecule has 0 bridgehead atoms. The topological polar surface area (TPSA) is 71.4 Å². The molecule has 1 saturated heterocycles. The van der Waals surface area contributed by atoms with E-state index in [4.69, 9.17) is 26.1 Å². The predicted molar refractivity (Wildman–Crippen MR) is 132 cm³/mol. The van der Waals surface area contributed by atoms with Gasteiger partial charge in [0.15, 0.2) is 5.75 Å².